The van der Waals surface area contributed by atoms with Crippen LogP contribution in [0, 0.1) is 5.92 Å². The van der Waals surface area contributed by atoms with Gasteiger partial charge < -0.3 is 20.1 Å². The van der Waals surface area contributed by atoms with Crippen molar-refractivity contribution in [2.75, 3.05) is 52.5 Å². The average molecular weight is 496 g/mol. The third kappa shape index (κ3) is 9.28. The number of aliphatic imine (C=N–C) groups is 1. The summed E-state index contributed by atoms with van der Waals surface area (Å²) in [5.41, 5.74) is 0. The molecule has 27 heavy (non-hydrogen) atoms. The third-order valence-corrected chi connectivity index (χ3v) is 5.55. The SMILES string of the molecule is CCNC(=NCC(C)N1CCOCC1)NCCC(OCC)C1CCCC1.I. The molecule has 0 aromatic carbocycles. The van der Waals surface area contributed by atoms with Crippen molar-refractivity contribution in [3.8, 4) is 0 Å². The molecule has 2 unspecified atom stereocenters. The molecule has 2 N–H and O–H groups in total. The van der Waals surface area contributed by atoms with Gasteiger partial charge in [-0.25, -0.2) is 0 Å². The first-order valence-electron chi connectivity index (χ1n) is 10.7. The van der Waals surface area contributed by atoms with Crippen molar-refractivity contribution in [3.63, 3.8) is 0 Å². The lowest BCUT2D eigenvalue weighted by Gasteiger charge is -2.31. The summed E-state index contributed by atoms with van der Waals surface area (Å²) in [6.07, 6.45) is 6.84. The lowest BCUT2D eigenvalue weighted by Crippen LogP contribution is -2.44. The molecular weight excluding hydrogens is 455 g/mol. The van der Waals surface area contributed by atoms with Gasteiger partial charge in [0.1, 0.15) is 0 Å². The van der Waals surface area contributed by atoms with Crippen LogP contribution in [-0.4, -0.2) is 75.5 Å². The summed E-state index contributed by atoms with van der Waals surface area (Å²) in [6, 6.07) is 0.448. The van der Waals surface area contributed by atoms with Gasteiger partial charge in [0.25, 0.3) is 0 Å². The number of hydrogen-bond acceptors (Lipinski definition) is 4. The molecule has 0 amide bonds. The van der Waals surface area contributed by atoms with Gasteiger partial charge in [-0.2, -0.15) is 0 Å². The van der Waals surface area contributed by atoms with Crippen LogP contribution in [0.2, 0.25) is 0 Å². The summed E-state index contributed by atoms with van der Waals surface area (Å²) < 4.78 is 11.5. The maximum atomic E-state index is 6.03. The number of rotatable bonds is 10. The van der Waals surface area contributed by atoms with Gasteiger partial charge in [-0.3, -0.25) is 9.89 Å². The van der Waals surface area contributed by atoms with Crippen LogP contribution in [0.4, 0.5) is 0 Å². The van der Waals surface area contributed by atoms with Crippen LogP contribution in [0.1, 0.15) is 52.9 Å². The van der Waals surface area contributed by atoms with Gasteiger partial charge in [0.15, 0.2) is 5.96 Å². The fourth-order valence-corrected chi connectivity index (χ4v) is 4.03. The molecule has 0 radical (unpaired) electrons. The lowest BCUT2D eigenvalue weighted by atomic mass is 9.98. The Balaban J connectivity index is 0.00000364. The van der Waals surface area contributed by atoms with Crippen molar-refractivity contribution in [1.82, 2.24) is 15.5 Å². The zero-order valence-electron chi connectivity index (χ0n) is 17.5. The van der Waals surface area contributed by atoms with E-state index in [-0.39, 0.29) is 24.0 Å². The van der Waals surface area contributed by atoms with Crippen LogP contribution >= 0.6 is 24.0 Å². The lowest BCUT2D eigenvalue weighted by molar-refractivity contribution is 0.0169. The molecule has 2 rings (SSSR count). The average Bonchev–Trinajstić information content (AvgIpc) is 3.20. The van der Waals surface area contributed by atoms with Crippen molar-refractivity contribution in [2.45, 2.75) is 65.0 Å². The van der Waals surface area contributed by atoms with Crippen LogP contribution in [0.3, 0.4) is 0 Å². The smallest absolute Gasteiger partial charge is 0.191 e. The summed E-state index contributed by atoms with van der Waals surface area (Å²) in [4.78, 5) is 7.26. The zero-order valence-corrected chi connectivity index (χ0v) is 19.9. The fraction of sp³-hybridized carbons (Fsp3) is 0.950. The number of nitrogens with zero attached hydrogens (tertiary/aromatic N) is 2. The summed E-state index contributed by atoms with van der Waals surface area (Å²) in [5.74, 6) is 1.67. The molecule has 1 aliphatic carbocycles. The molecule has 0 aromatic rings. The zero-order chi connectivity index (χ0) is 18.6. The van der Waals surface area contributed by atoms with E-state index in [4.69, 9.17) is 14.5 Å². The molecule has 0 bridgehead atoms. The quantitative estimate of drug-likeness (QED) is 0.277. The highest BCUT2D eigenvalue weighted by Crippen LogP contribution is 2.30. The Morgan fingerprint density at radius 2 is 1.89 bits per heavy atom. The highest BCUT2D eigenvalue weighted by atomic mass is 127. The Kier molecular flexibility index (Phi) is 13.7. The van der Waals surface area contributed by atoms with Crippen LogP contribution in [0.25, 0.3) is 0 Å². The largest absolute Gasteiger partial charge is 0.379 e. The molecule has 1 saturated carbocycles. The van der Waals surface area contributed by atoms with E-state index in [1.807, 2.05) is 0 Å². The Labute approximate surface area is 183 Å². The second-order valence-electron chi connectivity index (χ2n) is 7.47. The molecule has 160 valence electrons. The molecule has 2 aliphatic rings. The predicted molar refractivity (Wildman–Crippen MR) is 123 cm³/mol. The van der Waals surface area contributed by atoms with Crippen LogP contribution in [0.5, 0.6) is 0 Å². The Morgan fingerprint density at radius 3 is 2.52 bits per heavy atom. The van der Waals surface area contributed by atoms with E-state index < -0.39 is 0 Å². The highest BCUT2D eigenvalue weighted by Gasteiger charge is 2.25. The fourth-order valence-electron chi connectivity index (χ4n) is 4.03. The van der Waals surface area contributed by atoms with Gasteiger partial charge in [-0.1, -0.05) is 12.8 Å². The first-order valence-corrected chi connectivity index (χ1v) is 10.7. The van der Waals surface area contributed by atoms with E-state index in [2.05, 4.69) is 36.3 Å². The molecule has 6 nitrogen and oxygen atoms in total. The molecule has 1 aliphatic heterocycles. The number of hydrogen-bond donors (Lipinski definition) is 2. The molecular formula is C20H41IN4O2. The molecule has 0 spiro atoms. The number of nitrogens with one attached hydrogen (secondary N) is 2. The molecule has 2 fully saturated rings. The van der Waals surface area contributed by atoms with Gasteiger partial charge in [-0.05, 0) is 46.0 Å². The first-order chi connectivity index (χ1) is 12.7. The van der Waals surface area contributed by atoms with E-state index in [0.29, 0.717) is 12.1 Å². The highest BCUT2D eigenvalue weighted by molar-refractivity contribution is 14.0. The van der Waals surface area contributed by atoms with E-state index in [0.717, 1.165) is 70.8 Å². The van der Waals surface area contributed by atoms with Crippen molar-refractivity contribution in [2.24, 2.45) is 10.9 Å². The van der Waals surface area contributed by atoms with Gasteiger partial charge in [0, 0.05) is 38.8 Å². The minimum absolute atomic E-state index is 0. The standard InChI is InChI=1S/C20H40N4O2.HI/c1-4-21-20(23-16-17(3)24-12-14-25-15-13-24)22-11-10-19(26-5-2)18-8-6-7-9-18;/h17-19H,4-16H2,1-3H3,(H2,21,22,23);1H. The van der Waals surface area contributed by atoms with Crippen molar-refractivity contribution in [3.05, 3.63) is 0 Å². The second-order valence-corrected chi connectivity index (χ2v) is 7.47. The molecule has 7 heteroatoms. The van der Waals surface area contributed by atoms with Gasteiger partial charge in [0.05, 0.1) is 25.9 Å². The first kappa shape index (κ1) is 24.9. The summed E-state index contributed by atoms with van der Waals surface area (Å²) >= 11 is 0. The van der Waals surface area contributed by atoms with Crippen molar-refractivity contribution >= 4 is 29.9 Å². The minimum atomic E-state index is 0. The molecule has 1 heterocycles. The molecule has 2 atom stereocenters. The Bertz CT molecular complexity index is 399. The monoisotopic (exact) mass is 496 g/mol. The van der Waals surface area contributed by atoms with Gasteiger partial charge in [-0.15, -0.1) is 24.0 Å². The molecule has 0 aromatic heterocycles. The van der Waals surface area contributed by atoms with E-state index in [9.17, 15) is 0 Å². The van der Waals surface area contributed by atoms with Crippen LogP contribution in [0.15, 0.2) is 4.99 Å². The molecule has 1 saturated heterocycles. The second kappa shape index (κ2) is 14.8. The summed E-state index contributed by atoms with van der Waals surface area (Å²) in [6.45, 7) is 13.6. The predicted octanol–water partition coefficient (Wildman–Crippen LogP) is 2.87. The Morgan fingerprint density at radius 1 is 1.19 bits per heavy atom. The van der Waals surface area contributed by atoms with E-state index in [1.54, 1.807) is 0 Å². The van der Waals surface area contributed by atoms with Crippen molar-refractivity contribution < 1.29 is 9.47 Å². The van der Waals surface area contributed by atoms with Crippen LogP contribution in [-0.2, 0) is 9.47 Å². The topological polar surface area (TPSA) is 58.1 Å². The van der Waals surface area contributed by atoms with E-state index >= 15 is 0 Å². The maximum Gasteiger partial charge on any atom is 0.191 e. The summed E-state index contributed by atoms with van der Waals surface area (Å²) in [5, 5.41) is 6.88. The number of morpholine rings is 1. The van der Waals surface area contributed by atoms with E-state index in [1.165, 1.54) is 25.7 Å². The third-order valence-electron chi connectivity index (χ3n) is 5.55. The number of ether oxygens (including phenoxy) is 2. The van der Waals surface area contributed by atoms with Crippen LogP contribution < -0.4 is 10.6 Å². The van der Waals surface area contributed by atoms with Gasteiger partial charge >= 0.3 is 0 Å². The van der Waals surface area contributed by atoms with Gasteiger partial charge in [0.2, 0.25) is 0 Å². The normalized spacial score (nSPS) is 21.5. The number of guanidine groups is 1. The summed E-state index contributed by atoms with van der Waals surface area (Å²) in [7, 11) is 0. The minimum Gasteiger partial charge on any atom is -0.379 e. The maximum absolute atomic E-state index is 6.03. The number of halogens is 1. The Hall–Kier alpha value is -0.120. The van der Waals surface area contributed by atoms with Crippen molar-refractivity contribution in [1.29, 1.82) is 0 Å².